The van der Waals surface area contributed by atoms with Gasteiger partial charge < -0.3 is 0 Å². The summed E-state index contributed by atoms with van der Waals surface area (Å²) in [5.41, 5.74) is 4.63. The molecule has 2 nitrogen and oxygen atoms in total. The van der Waals surface area contributed by atoms with Crippen molar-refractivity contribution >= 4 is 11.3 Å². The topological polar surface area (TPSA) is 36.7 Å². The zero-order chi connectivity index (χ0) is 16.8. The lowest BCUT2D eigenvalue weighted by Gasteiger charge is -2.05. The standard InChI is InChI=1S/C21H20N2S/c1-2-3-4-5-16-6-8-17(9-7-16)18-10-12-20(23-15-18)21-13-11-19(14-22)24-21/h6-13,15H,2-5H2,1H3. The molecular formula is C21H20N2S. The first-order chi connectivity index (χ1) is 11.8. The number of aromatic nitrogens is 1. The maximum atomic E-state index is 8.92. The summed E-state index contributed by atoms with van der Waals surface area (Å²) < 4.78 is 0. The van der Waals surface area contributed by atoms with Crippen LogP contribution < -0.4 is 0 Å². The van der Waals surface area contributed by atoms with Gasteiger partial charge in [-0.2, -0.15) is 5.26 Å². The van der Waals surface area contributed by atoms with Crippen molar-refractivity contribution in [3.05, 3.63) is 65.2 Å². The second kappa shape index (κ2) is 7.90. The summed E-state index contributed by atoms with van der Waals surface area (Å²) in [5.74, 6) is 0. The molecule has 0 aliphatic heterocycles. The van der Waals surface area contributed by atoms with Crippen LogP contribution in [0.15, 0.2) is 54.7 Å². The summed E-state index contributed by atoms with van der Waals surface area (Å²) >= 11 is 1.48. The van der Waals surface area contributed by atoms with Crippen LogP contribution in [-0.4, -0.2) is 4.98 Å². The molecular weight excluding hydrogens is 312 g/mol. The highest BCUT2D eigenvalue weighted by Gasteiger charge is 2.05. The molecule has 0 radical (unpaired) electrons. The Kier molecular flexibility index (Phi) is 5.40. The van der Waals surface area contributed by atoms with Gasteiger partial charge in [-0.1, -0.05) is 50.1 Å². The monoisotopic (exact) mass is 332 g/mol. The highest BCUT2D eigenvalue weighted by molar-refractivity contribution is 7.15. The highest BCUT2D eigenvalue weighted by Crippen LogP contribution is 2.28. The fourth-order valence-corrected chi connectivity index (χ4v) is 3.47. The first-order valence-electron chi connectivity index (χ1n) is 8.36. The summed E-state index contributed by atoms with van der Waals surface area (Å²) in [4.78, 5) is 6.31. The van der Waals surface area contributed by atoms with Crippen molar-refractivity contribution in [3.63, 3.8) is 0 Å². The molecule has 0 unspecified atom stereocenters. The maximum absolute atomic E-state index is 8.92. The number of benzene rings is 1. The van der Waals surface area contributed by atoms with E-state index in [0.717, 1.165) is 27.4 Å². The Morgan fingerprint density at radius 1 is 0.958 bits per heavy atom. The van der Waals surface area contributed by atoms with Crippen LogP contribution in [0, 0.1) is 11.3 Å². The Morgan fingerprint density at radius 3 is 2.38 bits per heavy atom. The minimum absolute atomic E-state index is 0.717. The van der Waals surface area contributed by atoms with Gasteiger partial charge in [0.1, 0.15) is 10.9 Å². The Hall–Kier alpha value is -2.44. The van der Waals surface area contributed by atoms with Gasteiger partial charge in [0.15, 0.2) is 0 Å². The lowest BCUT2D eigenvalue weighted by Crippen LogP contribution is -1.87. The molecule has 0 spiro atoms. The van der Waals surface area contributed by atoms with Gasteiger partial charge in [-0.15, -0.1) is 11.3 Å². The van der Waals surface area contributed by atoms with Crippen LogP contribution in [0.1, 0.15) is 36.6 Å². The quantitative estimate of drug-likeness (QED) is 0.513. The fraction of sp³-hybridized carbons (Fsp3) is 0.238. The summed E-state index contributed by atoms with van der Waals surface area (Å²) in [6.45, 7) is 2.23. The van der Waals surface area contributed by atoms with E-state index in [1.165, 1.54) is 41.7 Å². The van der Waals surface area contributed by atoms with Crippen LogP contribution in [0.3, 0.4) is 0 Å². The second-order valence-electron chi connectivity index (χ2n) is 5.86. The van der Waals surface area contributed by atoms with Crippen molar-refractivity contribution in [2.75, 3.05) is 0 Å². The first kappa shape index (κ1) is 16.4. The van der Waals surface area contributed by atoms with Crippen LogP contribution in [0.5, 0.6) is 0 Å². The van der Waals surface area contributed by atoms with Crippen LogP contribution in [0.2, 0.25) is 0 Å². The van der Waals surface area contributed by atoms with Gasteiger partial charge in [0.2, 0.25) is 0 Å². The van der Waals surface area contributed by atoms with E-state index in [9.17, 15) is 0 Å². The molecule has 0 aliphatic rings. The summed E-state index contributed by atoms with van der Waals surface area (Å²) in [7, 11) is 0. The predicted molar refractivity (Wildman–Crippen MR) is 101 cm³/mol. The van der Waals surface area contributed by atoms with Crippen LogP contribution in [0.25, 0.3) is 21.7 Å². The third-order valence-electron chi connectivity index (χ3n) is 4.09. The Bertz CT molecular complexity index is 824. The predicted octanol–water partition coefficient (Wildman–Crippen LogP) is 6.08. The molecule has 0 amide bonds. The molecule has 0 saturated heterocycles. The van der Waals surface area contributed by atoms with Gasteiger partial charge >= 0.3 is 0 Å². The van der Waals surface area contributed by atoms with Crippen molar-refractivity contribution in [3.8, 4) is 27.8 Å². The van der Waals surface area contributed by atoms with Crippen LogP contribution >= 0.6 is 11.3 Å². The number of unbranched alkanes of at least 4 members (excludes halogenated alkanes) is 2. The number of thiophene rings is 1. The van der Waals surface area contributed by atoms with Crippen LogP contribution in [0.4, 0.5) is 0 Å². The van der Waals surface area contributed by atoms with Gasteiger partial charge in [0.05, 0.1) is 10.6 Å². The number of pyridine rings is 1. The Morgan fingerprint density at radius 2 is 1.75 bits per heavy atom. The van der Waals surface area contributed by atoms with Gasteiger partial charge in [-0.25, -0.2) is 0 Å². The molecule has 0 saturated carbocycles. The average molecular weight is 332 g/mol. The first-order valence-corrected chi connectivity index (χ1v) is 9.17. The number of aryl methyl sites for hydroxylation is 1. The van der Waals surface area contributed by atoms with E-state index in [-0.39, 0.29) is 0 Å². The van der Waals surface area contributed by atoms with Gasteiger partial charge in [0, 0.05) is 11.8 Å². The molecule has 0 bridgehead atoms. The molecule has 120 valence electrons. The second-order valence-corrected chi connectivity index (χ2v) is 6.95. The lowest BCUT2D eigenvalue weighted by atomic mass is 10.0. The third-order valence-corrected chi connectivity index (χ3v) is 5.10. The normalized spacial score (nSPS) is 10.5. The molecule has 1 aromatic carbocycles. The number of rotatable bonds is 6. The van der Waals surface area contributed by atoms with E-state index in [0.29, 0.717) is 0 Å². The van der Waals surface area contributed by atoms with E-state index in [2.05, 4.69) is 48.3 Å². The lowest BCUT2D eigenvalue weighted by molar-refractivity contribution is 0.717. The number of hydrogen-bond acceptors (Lipinski definition) is 3. The number of hydrogen-bond donors (Lipinski definition) is 0. The molecule has 3 heteroatoms. The number of nitrogens with zero attached hydrogens (tertiary/aromatic N) is 2. The molecule has 3 rings (SSSR count). The highest BCUT2D eigenvalue weighted by atomic mass is 32.1. The minimum atomic E-state index is 0.717. The molecule has 0 aliphatic carbocycles. The summed E-state index contributed by atoms with van der Waals surface area (Å²) in [6.07, 6.45) is 6.88. The molecule has 3 aromatic rings. The molecule has 0 N–H and O–H groups in total. The zero-order valence-electron chi connectivity index (χ0n) is 13.8. The third kappa shape index (κ3) is 3.90. The largest absolute Gasteiger partial charge is 0.255 e. The Labute approximate surface area is 147 Å². The molecule has 2 heterocycles. The molecule has 2 aromatic heterocycles. The molecule has 24 heavy (non-hydrogen) atoms. The van der Waals surface area contributed by atoms with E-state index in [1.54, 1.807) is 0 Å². The van der Waals surface area contributed by atoms with Crippen molar-refractivity contribution in [2.24, 2.45) is 0 Å². The zero-order valence-corrected chi connectivity index (χ0v) is 14.6. The van der Waals surface area contributed by atoms with Crippen LogP contribution in [-0.2, 0) is 6.42 Å². The average Bonchev–Trinajstić information content (AvgIpc) is 3.12. The SMILES string of the molecule is CCCCCc1ccc(-c2ccc(-c3ccc(C#N)s3)nc2)cc1. The smallest absolute Gasteiger partial charge is 0.110 e. The van der Waals surface area contributed by atoms with E-state index in [1.807, 2.05) is 24.4 Å². The molecule has 0 atom stereocenters. The fourth-order valence-electron chi connectivity index (χ4n) is 2.69. The maximum Gasteiger partial charge on any atom is 0.110 e. The van der Waals surface area contributed by atoms with Gasteiger partial charge in [-0.05, 0) is 42.2 Å². The summed E-state index contributed by atoms with van der Waals surface area (Å²) in [5, 5.41) is 8.92. The van der Waals surface area contributed by atoms with Crippen molar-refractivity contribution in [2.45, 2.75) is 32.6 Å². The van der Waals surface area contributed by atoms with E-state index < -0.39 is 0 Å². The van der Waals surface area contributed by atoms with E-state index in [4.69, 9.17) is 5.26 Å². The van der Waals surface area contributed by atoms with Crippen molar-refractivity contribution < 1.29 is 0 Å². The van der Waals surface area contributed by atoms with E-state index >= 15 is 0 Å². The summed E-state index contributed by atoms with van der Waals surface area (Å²) in [6, 6.07) is 18.9. The molecule has 0 fully saturated rings. The minimum Gasteiger partial charge on any atom is -0.255 e. The Balaban J connectivity index is 1.72. The number of nitriles is 1. The van der Waals surface area contributed by atoms with Gasteiger partial charge in [-0.3, -0.25) is 4.98 Å². The van der Waals surface area contributed by atoms with Crippen molar-refractivity contribution in [1.82, 2.24) is 4.98 Å². The van der Waals surface area contributed by atoms with Gasteiger partial charge in [0.25, 0.3) is 0 Å². The van der Waals surface area contributed by atoms with Crippen molar-refractivity contribution in [1.29, 1.82) is 5.26 Å².